The van der Waals surface area contributed by atoms with Crippen LogP contribution < -0.4 is 10.2 Å². The molecule has 4 aromatic rings. The van der Waals surface area contributed by atoms with Crippen molar-refractivity contribution >= 4 is 17.5 Å². The van der Waals surface area contributed by atoms with Gasteiger partial charge in [0.1, 0.15) is 11.5 Å². The average molecular weight is 410 g/mol. The predicted molar refractivity (Wildman–Crippen MR) is 121 cm³/mol. The Morgan fingerprint density at radius 2 is 1.65 bits per heavy atom. The van der Waals surface area contributed by atoms with Crippen molar-refractivity contribution in [3.8, 4) is 11.5 Å². The Kier molecular flexibility index (Phi) is 5.93. The Hall–Kier alpha value is -4.13. The smallest absolute Gasteiger partial charge is 0.258 e. The Labute approximate surface area is 180 Å². The lowest BCUT2D eigenvalue weighted by molar-refractivity contribution is 0.102. The third-order valence-electron chi connectivity index (χ3n) is 4.70. The standard InChI is InChI=1S/C24H22N6O/c1-17-26-22(21-10-6-7-15-25-21)28-24(27-17)29-23(31)19-11-13-20(14-12-19)30(2)16-18-8-4-3-5-9-18/h3-15H,16H2,1-2H3,(H,26,27,28,29,31). The maximum absolute atomic E-state index is 12.7. The zero-order valence-electron chi connectivity index (χ0n) is 17.4. The summed E-state index contributed by atoms with van der Waals surface area (Å²) in [6.07, 6.45) is 1.67. The van der Waals surface area contributed by atoms with Gasteiger partial charge in [0.2, 0.25) is 5.95 Å². The van der Waals surface area contributed by atoms with E-state index in [4.69, 9.17) is 0 Å². The van der Waals surface area contributed by atoms with Crippen molar-refractivity contribution in [2.45, 2.75) is 13.5 Å². The van der Waals surface area contributed by atoms with Gasteiger partial charge in [-0.1, -0.05) is 36.4 Å². The number of nitrogens with one attached hydrogen (secondary N) is 1. The molecule has 7 nitrogen and oxygen atoms in total. The molecule has 2 aromatic heterocycles. The quantitative estimate of drug-likeness (QED) is 0.515. The molecule has 154 valence electrons. The van der Waals surface area contributed by atoms with Crippen LogP contribution in [0.25, 0.3) is 11.5 Å². The number of carbonyl (C=O) groups is 1. The van der Waals surface area contributed by atoms with Crippen LogP contribution in [0.15, 0.2) is 79.0 Å². The fourth-order valence-corrected chi connectivity index (χ4v) is 3.14. The second kappa shape index (κ2) is 9.13. The topological polar surface area (TPSA) is 83.9 Å². The van der Waals surface area contributed by atoms with Crippen molar-refractivity contribution in [2.24, 2.45) is 0 Å². The van der Waals surface area contributed by atoms with Crippen LogP contribution in [-0.4, -0.2) is 32.9 Å². The number of aryl methyl sites for hydroxylation is 1. The Morgan fingerprint density at radius 3 is 2.35 bits per heavy atom. The largest absolute Gasteiger partial charge is 0.370 e. The molecular weight excluding hydrogens is 388 g/mol. The van der Waals surface area contributed by atoms with Crippen molar-refractivity contribution in [3.63, 3.8) is 0 Å². The number of anilines is 2. The van der Waals surface area contributed by atoms with Crippen LogP contribution in [0.5, 0.6) is 0 Å². The summed E-state index contributed by atoms with van der Waals surface area (Å²) in [4.78, 5) is 32.0. The Morgan fingerprint density at radius 1 is 0.903 bits per heavy atom. The first-order chi connectivity index (χ1) is 15.1. The lowest BCUT2D eigenvalue weighted by Gasteiger charge is -2.19. The predicted octanol–water partition coefficient (Wildman–Crippen LogP) is 4.13. The first-order valence-electron chi connectivity index (χ1n) is 9.89. The van der Waals surface area contributed by atoms with Crippen LogP contribution in [0.3, 0.4) is 0 Å². The number of amides is 1. The van der Waals surface area contributed by atoms with Crippen molar-refractivity contribution in [2.75, 3.05) is 17.3 Å². The van der Waals surface area contributed by atoms with Gasteiger partial charge in [-0.15, -0.1) is 0 Å². The van der Waals surface area contributed by atoms with Crippen LogP contribution in [0.1, 0.15) is 21.7 Å². The molecule has 1 N–H and O–H groups in total. The number of benzene rings is 2. The van der Waals surface area contributed by atoms with E-state index in [1.165, 1.54) is 5.56 Å². The molecule has 2 heterocycles. The van der Waals surface area contributed by atoms with Crippen molar-refractivity contribution in [3.05, 3.63) is 95.9 Å². The molecule has 7 heteroatoms. The number of hydrogen-bond donors (Lipinski definition) is 1. The van der Waals surface area contributed by atoms with E-state index < -0.39 is 0 Å². The molecule has 0 aliphatic rings. The van der Waals surface area contributed by atoms with Gasteiger partial charge in [-0.05, 0) is 48.9 Å². The highest BCUT2D eigenvalue weighted by Crippen LogP contribution is 2.18. The number of nitrogens with zero attached hydrogens (tertiary/aromatic N) is 5. The average Bonchev–Trinajstić information content (AvgIpc) is 2.80. The van der Waals surface area contributed by atoms with Crippen LogP contribution in [0, 0.1) is 6.92 Å². The monoisotopic (exact) mass is 410 g/mol. The van der Waals surface area contributed by atoms with Crippen LogP contribution in [0.2, 0.25) is 0 Å². The first-order valence-corrected chi connectivity index (χ1v) is 9.89. The molecular formula is C24H22N6O. The van der Waals surface area contributed by atoms with Crippen molar-refractivity contribution in [1.82, 2.24) is 19.9 Å². The summed E-state index contributed by atoms with van der Waals surface area (Å²) in [6, 6.07) is 23.2. The maximum atomic E-state index is 12.7. The minimum atomic E-state index is -0.283. The minimum absolute atomic E-state index is 0.198. The number of aromatic nitrogens is 4. The fraction of sp³-hybridized carbons (Fsp3) is 0.125. The van der Waals surface area contributed by atoms with Gasteiger partial charge in [0.05, 0.1) is 0 Å². The summed E-state index contributed by atoms with van der Waals surface area (Å²) in [5.74, 6) is 0.836. The van der Waals surface area contributed by atoms with Gasteiger partial charge < -0.3 is 4.90 Å². The molecule has 31 heavy (non-hydrogen) atoms. The summed E-state index contributed by atoms with van der Waals surface area (Å²) < 4.78 is 0. The van der Waals surface area contributed by atoms with Gasteiger partial charge in [-0.3, -0.25) is 15.1 Å². The summed E-state index contributed by atoms with van der Waals surface area (Å²) >= 11 is 0. The number of hydrogen-bond acceptors (Lipinski definition) is 6. The van der Waals surface area contributed by atoms with Gasteiger partial charge in [-0.25, -0.2) is 4.98 Å². The Bertz CT molecular complexity index is 1160. The summed E-state index contributed by atoms with van der Waals surface area (Å²) in [7, 11) is 2.02. The third-order valence-corrected chi connectivity index (χ3v) is 4.70. The highest BCUT2D eigenvalue weighted by molar-refractivity contribution is 6.03. The highest BCUT2D eigenvalue weighted by Gasteiger charge is 2.12. The van der Waals surface area contributed by atoms with E-state index in [1.807, 2.05) is 55.6 Å². The number of pyridine rings is 1. The SMILES string of the molecule is Cc1nc(NC(=O)c2ccc(N(C)Cc3ccccc3)cc2)nc(-c2ccccn2)n1. The molecule has 0 spiro atoms. The fourth-order valence-electron chi connectivity index (χ4n) is 3.14. The zero-order chi connectivity index (χ0) is 21.6. The molecule has 4 rings (SSSR count). The van der Waals surface area contributed by atoms with Crippen molar-refractivity contribution in [1.29, 1.82) is 0 Å². The summed E-state index contributed by atoms with van der Waals surface area (Å²) in [6.45, 7) is 2.54. The van der Waals surface area contributed by atoms with Gasteiger partial charge in [0.25, 0.3) is 5.91 Å². The first kappa shape index (κ1) is 20.2. The minimum Gasteiger partial charge on any atom is -0.370 e. The molecule has 0 saturated carbocycles. The second-order valence-corrected chi connectivity index (χ2v) is 7.09. The normalized spacial score (nSPS) is 10.5. The lowest BCUT2D eigenvalue weighted by Crippen LogP contribution is -2.18. The molecule has 0 aliphatic carbocycles. The lowest BCUT2D eigenvalue weighted by atomic mass is 10.1. The van der Waals surface area contributed by atoms with E-state index in [1.54, 1.807) is 25.3 Å². The van der Waals surface area contributed by atoms with Gasteiger partial charge in [0, 0.05) is 31.0 Å². The Balaban J connectivity index is 1.46. The number of carbonyl (C=O) groups excluding carboxylic acids is 1. The van der Waals surface area contributed by atoms with E-state index in [-0.39, 0.29) is 11.9 Å². The molecule has 0 unspecified atom stereocenters. The van der Waals surface area contributed by atoms with Gasteiger partial charge >= 0.3 is 0 Å². The van der Waals surface area contributed by atoms with Gasteiger partial charge in [-0.2, -0.15) is 9.97 Å². The summed E-state index contributed by atoms with van der Waals surface area (Å²) in [5.41, 5.74) is 3.39. The molecule has 0 atom stereocenters. The molecule has 0 fully saturated rings. The van der Waals surface area contributed by atoms with E-state index >= 15 is 0 Å². The molecule has 0 aliphatic heterocycles. The van der Waals surface area contributed by atoms with E-state index in [9.17, 15) is 4.79 Å². The molecule has 0 bridgehead atoms. The molecule has 2 aromatic carbocycles. The maximum Gasteiger partial charge on any atom is 0.258 e. The molecule has 0 radical (unpaired) electrons. The highest BCUT2D eigenvalue weighted by atomic mass is 16.1. The summed E-state index contributed by atoms with van der Waals surface area (Å²) in [5, 5.41) is 2.76. The molecule has 0 saturated heterocycles. The van der Waals surface area contributed by atoms with E-state index in [0.717, 1.165) is 12.2 Å². The second-order valence-electron chi connectivity index (χ2n) is 7.09. The van der Waals surface area contributed by atoms with Crippen LogP contribution >= 0.6 is 0 Å². The van der Waals surface area contributed by atoms with Crippen LogP contribution in [-0.2, 0) is 6.54 Å². The van der Waals surface area contributed by atoms with E-state index in [2.05, 4.69) is 42.3 Å². The number of rotatable bonds is 6. The molecule has 1 amide bonds. The third kappa shape index (κ3) is 5.08. The van der Waals surface area contributed by atoms with Crippen LogP contribution in [0.4, 0.5) is 11.6 Å². The van der Waals surface area contributed by atoms with E-state index in [0.29, 0.717) is 22.9 Å². The van der Waals surface area contributed by atoms with Crippen molar-refractivity contribution < 1.29 is 4.79 Å². The zero-order valence-corrected chi connectivity index (χ0v) is 17.4. The van der Waals surface area contributed by atoms with Gasteiger partial charge in [0.15, 0.2) is 5.82 Å².